The van der Waals surface area contributed by atoms with Crippen LogP contribution >= 0.6 is 0 Å². The van der Waals surface area contributed by atoms with Gasteiger partial charge in [-0.05, 0) is 12.8 Å². The Bertz CT molecular complexity index is 223. The topological polar surface area (TPSA) is 55.6 Å². The monoisotopic (exact) mass is 228 g/mol. The molecule has 0 radical (unpaired) electrons. The van der Waals surface area contributed by atoms with Crippen molar-refractivity contribution >= 4 is 5.91 Å². The summed E-state index contributed by atoms with van der Waals surface area (Å²) in [5.74, 6) is 0.114. The largest absolute Gasteiger partial charge is 0.373 e. The minimum atomic E-state index is -0.148. The summed E-state index contributed by atoms with van der Waals surface area (Å²) in [6.45, 7) is 1.07. The van der Waals surface area contributed by atoms with Crippen LogP contribution in [0.4, 0.5) is 0 Å². The normalized spacial score (nSPS) is 19.4. The molecule has 0 heterocycles. The average Bonchev–Trinajstić information content (AvgIpc) is 2.30. The van der Waals surface area contributed by atoms with E-state index in [1.165, 1.54) is 19.3 Å². The first-order chi connectivity index (χ1) is 7.59. The molecule has 1 fully saturated rings. The zero-order valence-electron chi connectivity index (χ0n) is 10.5. The van der Waals surface area contributed by atoms with Crippen LogP contribution in [-0.4, -0.2) is 43.7 Å². The van der Waals surface area contributed by atoms with Gasteiger partial charge in [0.1, 0.15) is 0 Å². The molecular formula is C12H24N2O2. The quantitative estimate of drug-likeness (QED) is 0.768. The van der Waals surface area contributed by atoms with Gasteiger partial charge >= 0.3 is 0 Å². The highest BCUT2D eigenvalue weighted by atomic mass is 16.5. The summed E-state index contributed by atoms with van der Waals surface area (Å²) in [7, 11) is 3.53. The molecule has 2 N–H and O–H groups in total. The predicted octanol–water partition coefficient (Wildman–Crippen LogP) is 1.14. The molecule has 0 aromatic rings. The summed E-state index contributed by atoms with van der Waals surface area (Å²) in [6.07, 6.45) is 6.20. The third kappa shape index (κ3) is 3.76. The minimum Gasteiger partial charge on any atom is -0.373 e. The summed E-state index contributed by atoms with van der Waals surface area (Å²) in [4.78, 5) is 13.0. The fourth-order valence-corrected chi connectivity index (χ4v) is 2.18. The molecule has 16 heavy (non-hydrogen) atoms. The minimum absolute atomic E-state index is 0.114. The van der Waals surface area contributed by atoms with Crippen molar-refractivity contribution in [2.45, 2.75) is 44.1 Å². The molecule has 0 unspecified atom stereocenters. The van der Waals surface area contributed by atoms with Crippen molar-refractivity contribution in [3.63, 3.8) is 0 Å². The number of hydrogen-bond donors (Lipinski definition) is 1. The molecule has 0 atom stereocenters. The van der Waals surface area contributed by atoms with Crippen molar-refractivity contribution in [2.24, 2.45) is 5.73 Å². The van der Waals surface area contributed by atoms with Gasteiger partial charge in [0, 0.05) is 20.6 Å². The average molecular weight is 228 g/mol. The van der Waals surface area contributed by atoms with Crippen molar-refractivity contribution < 1.29 is 9.53 Å². The van der Waals surface area contributed by atoms with E-state index in [1.807, 2.05) is 0 Å². The van der Waals surface area contributed by atoms with Crippen LogP contribution in [0.25, 0.3) is 0 Å². The van der Waals surface area contributed by atoms with Gasteiger partial charge in [-0.25, -0.2) is 0 Å². The number of carbonyl (C=O) groups excluding carboxylic acids is 1. The molecule has 0 aromatic carbocycles. The van der Waals surface area contributed by atoms with Crippen molar-refractivity contribution in [2.75, 3.05) is 27.2 Å². The lowest BCUT2D eigenvalue weighted by atomic mass is 9.85. The van der Waals surface area contributed by atoms with Crippen LogP contribution in [0.1, 0.15) is 38.5 Å². The molecule has 0 aliphatic heterocycles. The number of nitrogens with zero attached hydrogens (tertiary/aromatic N) is 1. The molecule has 4 heteroatoms. The van der Waals surface area contributed by atoms with Gasteiger partial charge in [-0.2, -0.15) is 0 Å². The van der Waals surface area contributed by atoms with Gasteiger partial charge < -0.3 is 15.4 Å². The zero-order valence-corrected chi connectivity index (χ0v) is 10.5. The third-order valence-corrected chi connectivity index (χ3v) is 3.36. The molecule has 1 aliphatic carbocycles. The Morgan fingerprint density at radius 1 is 1.31 bits per heavy atom. The zero-order chi connectivity index (χ0) is 12.0. The summed E-state index contributed by atoms with van der Waals surface area (Å²) in [5.41, 5.74) is 5.65. The Kier molecular flexibility index (Phi) is 5.22. The summed E-state index contributed by atoms with van der Waals surface area (Å²) < 4.78 is 5.87. The highest BCUT2D eigenvalue weighted by Gasteiger charge is 2.31. The fourth-order valence-electron chi connectivity index (χ4n) is 2.18. The van der Waals surface area contributed by atoms with E-state index >= 15 is 0 Å². The second kappa shape index (κ2) is 6.21. The maximum Gasteiger partial charge on any atom is 0.224 e. The Balaban J connectivity index is 2.31. The molecular weight excluding hydrogens is 204 g/mol. The van der Waals surface area contributed by atoms with E-state index in [0.29, 0.717) is 19.6 Å². The molecule has 0 spiro atoms. The van der Waals surface area contributed by atoms with Gasteiger partial charge in [-0.15, -0.1) is 0 Å². The summed E-state index contributed by atoms with van der Waals surface area (Å²) in [5, 5.41) is 0. The SMILES string of the molecule is CN(C)C(=O)CCOC1(CN)CCCCC1. The Hall–Kier alpha value is -0.610. The molecule has 1 amide bonds. The lowest BCUT2D eigenvalue weighted by Gasteiger charge is -2.36. The smallest absolute Gasteiger partial charge is 0.224 e. The van der Waals surface area contributed by atoms with Crippen LogP contribution < -0.4 is 5.73 Å². The number of nitrogens with two attached hydrogens (primary N) is 1. The molecule has 0 saturated heterocycles. The molecule has 1 aliphatic rings. The van der Waals surface area contributed by atoms with E-state index < -0.39 is 0 Å². The van der Waals surface area contributed by atoms with Crippen LogP contribution in [0.15, 0.2) is 0 Å². The van der Waals surface area contributed by atoms with Gasteiger partial charge in [0.25, 0.3) is 0 Å². The van der Waals surface area contributed by atoms with Gasteiger partial charge in [-0.3, -0.25) is 4.79 Å². The predicted molar refractivity (Wildman–Crippen MR) is 64.1 cm³/mol. The Morgan fingerprint density at radius 3 is 2.44 bits per heavy atom. The Morgan fingerprint density at radius 2 is 1.94 bits per heavy atom. The molecule has 1 rings (SSSR count). The first kappa shape index (κ1) is 13.5. The van der Waals surface area contributed by atoms with Crippen molar-refractivity contribution in [1.29, 1.82) is 0 Å². The molecule has 0 aromatic heterocycles. The Labute approximate surface area is 98.1 Å². The van der Waals surface area contributed by atoms with Crippen molar-refractivity contribution in [1.82, 2.24) is 4.90 Å². The number of amides is 1. The first-order valence-electron chi connectivity index (χ1n) is 6.14. The lowest BCUT2D eigenvalue weighted by molar-refractivity contribution is -0.132. The fraction of sp³-hybridized carbons (Fsp3) is 0.917. The van der Waals surface area contributed by atoms with E-state index in [-0.39, 0.29) is 11.5 Å². The van der Waals surface area contributed by atoms with Crippen molar-refractivity contribution in [3.05, 3.63) is 0 Å². The lowest BCUT2D eigenvalue weighted by Crippen LogP contribution is -2.43. The highest BCUT2D eigenvalue weighted by Crippen LogP contribution is 2.30. The summed E-state index contributed by atoms with van der Waals surface area (Å²) >= 11 is 0. The van der Waals surface area contributed by atoms with E-state index in [4.69, 9.17) is 10.5 Å². The second-order valence-corrected chi connectivity index (χ2v) is 4.83. The number of rotatable bonds is 5. The van der Waals surface area contributed by atoms with Gasteiger partial charge in [0.2, 0.25) is 5.91 Å². The number of hydrogen-bond acceptors (Lipinski definition) is 3. The molecule has 94 valence electrons. The van der Waals surface area contributed by atoms with E-state index in [9.17, 15) is 4.79 Å². The van der Waals surface area contributed by atoms with Crippen LogP contribution in [0.2, 0.25) is 0 Å². The van der Waals surface area contributed by atoms with Gasteiger partial charge in [0.15, 0.2) is 0 Å². The van der Waals surface area contributed by atoms with E-state index in [1.54, 1.807) is 19.0 Å². The van der Waals surface area contributed by atoms with E-state index in [2.05, 4.69) is 0 Å². The number of ether oxygens (including phenoxy) is 1. The standard InChI is InChI=1S/C12H24N2O2/c1-14(2)11(15)6-9-16-12(10-13)7-4-3-5-8-12/h3-10,13H2,1-2H3. The summed E-state index contributed by atoms with van der Waals surface area (Å²) in [6, 6.07) is 0. The van der Waals surface area contributed by atoms with Crippen LogP contribution in [0.3, 0.4) is 0 Å². The molecule has 4 nitrogen and oxygen atoms in total. The molecule has 1 saturated carbocycles. The second-order valence-electron chi connectivity index (χ2n) is 4.83. The van der Waals surface area contributed by atoms with E-state index in [0.717, 1.165) is 12.8 Å². The van der Waals surface area contributed by atoms with Gasteiger partial charge in [-0.1, -0.05) is 19.3 Å². The maximum absolute atomic E-state index is 11.4. The van der Waals surface area contributed by atoms with Crippen LogP contribution in [-0.2, 0) is 9.53 Å². The first-order valence-corrected chi connectivity index (χ1v) is 6.14. The number of carbonyl (C=O) groups is 1. The van der Waals surface area contributed by atoms with Crippen molar-refractivity contribution in [3.8, 4) is 0 Å². The maximum atomic E-state index is 11.4. The highest BCUT2D eigenvalue weighted by molar-refractivity contribution is 5.75. The van der Waals surface area contributed by atoms with Gasteiger partial charge in [0.05, 0.1) is 18.6 Å². The van der Waals surface area contributed by atoms with Crippen LogP contribution in [0.5, 0.6) is 0 Å². The van der Waals surface area contributed by atoms with Crippen LogP contribution in [0, 0.1) is 0 Å². The third-order valence-electron chi connectivity index (χ3n) is 3.36. The molecule has 0 bridgehead atoms.